The molecule has 3 atom stereocenters. The lowest BCUT2D eigenvalue weighted by Gasteiger charge is -2.51. The Bertz CT molecular complexity index is 934. The van der Waals surface area contributed by atoms with E-state index in [-0.39, 0.29) is 56.1 Å². The average molecular weight is 417 g/mol. The Hall–Kier alpha value is -2.58. The fourth-order valence-electron chi connectivity index (χ4n) is 5.08. The maximum Gasteiger partial charge on any atom is 0.251 e. The molecule has 3 heterocycles. The highest BCUT2D eigenvalue weighted by molar-refractivity contribution is 5.81. The minimum atomic E-state index is -2.65. The van der Waals surface area contributed by atoms with Crippen LogP contribution < -0.4 is 0 Å². The van der Waals surface area contributed by atoms with Gasteiger partial charge in [0.2, 0.25) is 11.8 Å². The highest BCUT2D eigenvalue weighted by Gasteiger charge is 2.50. The van der Waals surface area contributed by atoms with Crippen LogP contribution in [0.15, 0.2) is 24.3 Å². The van der Waals surface area contributed by atoms with Crippen molar-refractivity contribution in [3.05, 3.63) is 24.3 Å². The molecule has 3 fully saturated rings. The third kappa shape index (κ3) is 3.54. The van der Waals surface area contributed by atoms with Gasteiger partial charge in [-0.15, -0.1) is 0 Å². The van der Waals surface area contributed by atoms with Crippen molar-refractivity contribution in [3.8, 4) is 0 Å². The topological polar surface area (TPSA) is 71.3 Å². The van der Waals surface area contributed by atoms with Crippen molar-refractivity contribution < 1.29 is 18.4 Å². The van der Waals surface area contributed by atoms with Crippen LogP contribution in [0.4, 0.5) is 8.78 Å². The second-order valence-corrected chi connectivity index (χ2v) is 8.79. The molecule has 0 N–H and O–H groups in total. The molecular weight excluding hydrogens is 392 g/mol. The van der Waals surface area contributed by atoms with E-state index in [0.717, 1.165) is 23.9 Å². The van der Waals surface area contributed by atoms with Crippen LogP contribution in [-0.4, -0.2) is 68.7 Å². The molecule has 1 saturated carbocycles. The van der Waals surface area contributed by atoms with Gasteiger partial charge in [-0.05, 0) is 36.8 Å². The highest BCUT2D eigenvalue weighted by Crippen LogP contribution is 2.47. The first-order valence-corrected chi connectivity index (χ1v) is 10.6. The molecule has 3 aliphatic rings. The summed E-state index contributed by atoms with van der Waals surface area (Å²) in [5.41, 5.74) is 1.50. The third-order valence-electron chi connectivity index (χ3n) is 6.96. The van der Waals surface area contributed by atoms with Gasteiger partial charge >= 0.3 is 0 Å². The molecule has 1 aliphatic carbocycles. The fourth-order valence-corrected chi connectivity index (χ4v) is 5.08. The molecule has 30 heavy (non-hydrogen) atoms. The summed E-state index contributed by atoms with van der Waals surface area (Å²) in [4.78, 5) is 30.5. The number of carbonyl (C=O) groups is 2. The smallest absolute Gasteiger partial charge is 0.251 e. The normalized spacial score (nSPS) is 28.1. The molecule has 9 heteroatoms. The standard InChI is InChI=1S/C21H25F2N5O2/c22-21(23)6-9-26(10-7-21)20(30)15-11-14-5-8-27(12-16(14)15)19(29)13-28-24-17-3-1-2-4-18(17)25-28/h1-4,14-16H,5-13H2/t14-,15-,16-/m1/s1. The van der Waals surface area contributed by atoms with Crippen molar-refractivity contribution in [2.75, 3.05) is 26.2 Å². The average Bonchev–Trinajstić information content (AvgIpc) is 3.11. The monoisotopic (exact) mass is 417 g/mol. The van der Waals surface area contributed by atoms with Gasteiger partial charge in [0, 0.05) is 44.9 Å². The predicted molar refractivity (Wildman–Crippen MR) is 105 cm³/mol. The number of piperidine rings is 2. The van der Waals surface area contributed by atoms with Crippen molar-refractivity contribution in [2.45, 2.75) is 38.2 Å². The van der Waals surface area contributed by atoms with Crippen molar-refractivity contribution in [2.24, 2.45) is 17.8 Å². The van der Waals surface area contributed by atoms with E-state index in [4.69, 9.17) is 0 Å². The molecule has 2 aromatic rings. The van der Waals surface area contributed by atoms with Gasteiger partial charge in [-0.1, -0.05) is 12.1 Å². The zero-order valence-electron chi connectivity index (χ0n) is 16.7. The number of nitrogens with zero attached hydrogens (tertiary/aromatic N) is 5. The van der Waals surface area contributed by atoms with Gasteiger partial charge in [0.05, 0.1) is 0 Å². The SMILES string of the molecule is O=C(Cn1nc2ccccc2n1)N1CC[C@@H]2C[C@@H](C(=O)N3CCC(F)(F)CC3)[C@@H]2C1. The maximum absolute atomic E-state index is 13.4. The molecule has 1 aromatic carbocycles. The Balaban J connectivity index is 1.20. The first kappa shape index (κ1) is 19.4. The number of amides is 2. The number of alkyl halides is 2. The van der Waals surface area contributed by atoms with Crippen molar-refractivity contribution in [1.29, 1.82) is 0 Å². The lowest BCUT2D eigenvalue weighted by Crippen LogP contribution is -2.58. The Morgan fingerprint density at radius 2 is 1.70 bits per heavy atom. The molecule has 5 rings (SSSR count). The zero-order valence-corrected chi connectivity index (χ0v) is 16.7. The van der Waals surface area contributed by atoms with Crippen molar-refractivity contribution in [3.63, 3.8) is 0 Å². The van der Waals surface area contributed by atoms with Crippen molar-refractivity contribution >= 4 is 22.8 Å². The van der Waals surface area contributed by atoms with Crippen LogP contribution in [0.3, 0.4) is 0 Å². The lowest BCUT2D eigenvalue weighted by atomic mass is 9.61. The molecule has 2 aliphatic heterocycles. The van der Waals surface area contributed by atoms with Crippen LogP contribution in [0.25, 0.3) is 11.0 Å². The molecule has 0 bridgehead atoms. The number of halogens is 2. The van der Waals surface area contributed by atoms with E-state index in [2.05, 4.69) is 10.2 Å². The van der Waals surface area contributed by atoms with Crippen LogP contribution in [0.2, 0.25) is 0 Å². The quantitative estimate of drug-likeness (QED) is 0.768. The first-order valence-electron chi connectivity index (χ1n) is 10.6. The molecule has 0 radical (unpaired) electrons. The van der Waals surface area contributed by atoms with E-state index in [1.807, 2.05) is 24.3 Å². The van der Waals surface area contributed by atoms with Gasteiger partial charge in [0.25, 0.3) is 5.92 Å². The van der Waals surface area contributed by atoms with E-state index in [9.17, 15) is 18.4 Å². The number of hydrogen-bond acceptors (Lipinski definition) is 4. The molecule has 7 nitrogen and oxygen atoms in total. The van der Waals surface area contributed by atoms with E-state index in [1.165, 1.54) is 4.80 Å². The number of rotatable bonds is 3. The molecule has 2 saturated heterocycles. The Morgan fingerprint density at radius 1 is 1.03 bits per heavy atom. The fraction of sp³-hybridized carbons (Fsp3) is 0.619. The van der Waals surface area contributed by atoms with E-state index in [0.29, 0.717) is 19.0 Å². The highest BCUT2D eigenvalue weighted by atomic mass is 19.3. The largest absolute Gasteiger partial charge is 0.342 e. The van der Waals surface area contributed by atoms with Crippen LogP contribution >= 0.6 is 0 Å². The van der Waals surface area contributed by atoms with E-state index >= 15 is 0 Å². The minimum Gasteiger partial charge on any atom is -0.342 e. The molecule has 2 amide bonds. The number of aromatic nitrogens is 3. The zero-order chi connectivity index (χ0) is 20.9. The van der Waals surface area contributed by atoms with Crippen LogP contribution in [0.5, 0.6) is 0 Å². The third-order valence-corrected chi connectivity index (χ3v) is 6.96. The minimum absolute atomic E-state index is 0.0129. The second-order valence-electron chi connectivity index (χ2n) is 8.79. The summed E-state index contributed by atoms with van der Waals surface area (Å²) in [6.45, 7) is 1.55. The predicted octanol–water partition coefficient (Wildman–Crippen LogP) is 2.17. The van der Waals surface area contributed by atoms with Gasteiger partial charge in [-0.2, -0.15) is 15.0 Å². The number of benzene rings is 1. The van der Waals surface area contributed by atoms with Crippen LogP contribution in [-0.2, 0) is 16.1 Å². The number of carbonyl (C=O) groups excluding carboxylic acids is 2. The summed E-state index contributed by atoms with van der Waals surface area (Å²) >= 11 is 0. The summed E-state index contributed by atoms with van der Waals surface area (Å²) in [5, 5.41) is 8.70. The number of fused-ring (bicyclic) bond motifs is 2. The summed E-state index contributed by atoms with van der Waals surface area (Å²) in [6.07, 6.45) is 1.18. The van der Waals surface area contributed by atoms with Gasteiger partial charge in [0.15, 0.2) is 0 Å². The Kier molecular flexibility index (Phi) is 4.71. The molecule has 1 aromatic heterocycles. The van der Waals surface area contributed by atoms with Crippen LogP contribution in [0, 0.1) is 17.8 Å². The van der Waals surface area contributed by atoms with Crippen LogP contribution in [0.1, 0.15) is 25.7 Å². The van der Waals surface area contributed by atoms with Crippen molar-refractivity contribution in [1.82, 2.24) is 24.8 Å². The molecule has 0 spiro atoms. The summed E-state index contributed by atoms with van der Waals surface area (Å²) in [5.74, 6) is -2.30. The molecule has 0 unspecified atom stereocenters. The Labute approximate surface area is 173 Å². The number of hydrogen-bond donors (Lipinski definition) is 0. The Morgan fingerprint density at radius 3 is 2.37 bits per heavy atom. The summed E-state index contributed by atoms with van der Waals surface area (Å²) in [7, 11) is 0. The summed E-state index contributed by atoms with van der Waals surface area (Å²) in [6, 6.07) is 7.47. The maximum atomic E-state index is 13.4. The van der Waals surface area contributed by atoms with Gasteiger partial charge in [-0.3, -0.25) is 9.59 Å². The lowest BCUT2D eigenvalue weighted by molar-refractivity contribution is -0.157. The number of likely N-dealkylation sites (tertiary alicyclic amines) is 2. The summed E-state index contributed by atoms with van der Waals surface area (Å²) < 4.78 is 26.8. The van der Waals surface area contributed by atoms with E-state index in [1.54, 1.807) is 9.80 Å². The second kappa shape index (κ2) is 7.28. The van der Waals surface area contributed by atoms with E-state index < -0.39 is 5.92 Å². The van der Waals surface area contributed by atoms with Gasteiger partial charge < -0.3 is 9.80 Å². The van der Waals surface area contributed by atoms with Gasteiger partial charge in [-0.25, -0.2) is 8.78 Å². The molecular formula is C21H25F2N5O2. The molecule has 160 valence electrons. The van der Waals surface area contributed by atoms with Gasteiger partial charge in [0.1, 0.15) is 17.6 Å². The first-order chi connectivity index (χ1) is 14.4.